The van der Waals surface area contributed by atoms with E-state index in [0.29, 0.717) is 37.5 Å². The molecule has 9 nitrogen and oxygen atoms in total. The molecule has 5 rings (SSSR count). The fourth-order valence-corrected chi connectivity index (χ4v) is 5.50. The van der Waals surface area contributed by atoms with Crippen molar-refractivity contribution >= 4 is 17.9 Å². The molecule has 0 radical (unpaired) electrons. The van der Waals surface area contributed by atoms with Crippen molar-refractivity contribution in [2.45, 2.75) is 74.3 Å². The van der Waals surface area contributed by atoms with Gasteiger partial charge in [0.05, 0.1) is 0 Å². The highest BCUT2D eigenvalue weighted by Gasteiger charge is 2.48. The van der Waals surface area contributed by atoms with Crippen LogP contribution in [0.2, 0.25) is 0 Å². The minimum atomic E-state index is -1.05. The summed E-state index contributed by atoms with van der Waals surface area (Å²) in [5, 5.41) is 32.6. The summed E-state index contributed by atoms with van der Waals surface area (Å²) >= 11 is 0. The summed E-state index contributed by atoms with van der Waals surface area (Å²) in [7, 11) is 0. The number of aromatic hydroxyl groups is 2. The first kappa shape index (κ1) is 27.9. The lowest BCUT2D eigenvalue weighted by molar-refractivity contribution is -0.144. The average molecular weight is 516 g/mol. The summed E-state index contributed by atoms with van der Waals surface area (Å²) in [6.45, 7) is 0. The molecule has 2 saturated carbocycles. The summed E-state index contributed by atoms with van der Waals surface area (Å²) in [6.07, 6.45) is 5.63. The van der Waals surface area contributed by atoms with Gasteiger partial charge in [-0.1, -0.05) is 24.3 Å². The third-order valence-corrected chi connectivity index (χ3v) is 7.89. The third kappa shape index (κ3) is 6.19. The number of nitrogens with one attached hydrogen (secondary N) is 2. The number of carboxylic acids is 1. The molecule has 0 atom stereocenters. The highest BCUT2D eigenvalue weighted by molar-refractivity contribution is 6.07. The zero-order valence-electron chi connectivity index (χ0n) is 20.5. The molecule has 2 aromatic carbocycles. The largest absolute Gasteiger partial charge is 0.508 e. The Morgan fingerprint density at radius 1 is 0.784 bits per heavy atom. The molecule has 1 aliphatic heterocycles. The number of urea groups is 1. The molecule has 7 N–H and O–H groups in total. The van der Waals surface area contributed by atoms with Crippen molar-refractivity contribution < 1.29 is 34.4 Å². The summed E-state index contributed by atoms with van der Waals surface area (Å²) in [5.74, 6) is 0.160. The Morgan fingerprint density at radius 2 is 1.19 bits per heavy atom. The summed E-state index contributed by atoms with van der Waals surface area (Å²) in [6, 6.07) is 13.9. The fourth-order valence-electron chi connectivity index (χ4n) is 5.50. The number of carboxylic acid groups (broad SMARTS) is 1. The second-order valence-electron chi connectivity index (χ2n) is 10.2. The lowest BCUT2D eigenvalue weighted by atomic mass is 9.74. The van der Waals surface area contributed by atoms with Gasteiger partial charge < -0.3 is 26.4 Å². The number of hydrogen-bond acceptors (Lipinski definition) is 6. The fraction of sp³-hybridized carbons (Fsp3) is 0.444. The van der Waals surface area contributed by atoms with Crippen LogP contribution in [0.3, 0.4) is 0 Å². The van der Waals surface area contributed by atoms with Gasteiger partial charge in [-0.2, -0.15) is 0 Å². The van der Waals surface area contributed by atoms with Crippen LogP contribution in [-0.2, 0) is 9.59 Å². The first-order valence-corrected chi connectivity index (χ1v) is 12.3. The lowest BCUT2D eigenvalue weighted by Gasteiger charge is -2.34. The van der Waals surface area contributed by atoms with Crippen LogP contribution in [0.1, 0.15) is 74.3 Å². The van der Waals surface area contributed by atoms with Crippen molar-refractivity contribution in [2.24, 2.45) is 5.73 Å². The monoisotopic (exact) mass is 515 g/mol. The van der Waals surface area contributed by atoms with Gasteiger partial charge >= 0.3 is 12.0 Å². The minimum Gasteiger partial charge on any atom is -0.508 e. The van der Waals surface area contributed by atoms with E-state index in [0.717, 1.165) is 31.2 Å². The van der Waals surface area contributed by atoms with E-state index in [4.69, 9.17) is 10.8 Å². The molecular formula is C27H34FN3O6. The van der Waals surface area contributed by atoms with Gasteiger partial charge in [0, 0.05) is 0 Å². The number of rotatable bonds is 3. The smallest absolute Gasteiger partial charge is 0.323 e. The van der Waals surface area contributed by atoms with Crippen LogP contribution in [0.15, 0.2) is 48.5 Å². The van der Waals surface area contributed by atoms with E-state index in [-0.39, 0.29) is 28.1 Å². The van der Waals surface area contributed by atoms with Crippen LogP contribution < -0.4 is 16.4 Å². The number of hydrogen-bond donors (Lipinski definition) is 6. The van der Waals surface area contributed by atoms with Crippen molar-refractivity contribution in [3.63, 3.8) is 0 Å². The van der Waals surface area contributed by atoms with Crippen molar-refractivity contribution in [1.82, 2.24) is 10.6 Å². The molecule has 0 aromatic heterocycles. The highest BCUT2D eigenvalue weighted by Crippen LogP contribution is 2.40. The number of carbonyl (C=O) groups is 3. The summed E-state index contributed by atoms with van der Waals surface area (Å²) in [5.41, 5.74) is 6.42. The molecule has 200 valence electrons. The number of phenols is 2. The van der Waals surface area contributed by atoms with Crippen molar-refractivity contribution in [3.05, 3.63) is 59.7 Å². The second kappa shape index (κ2) is 11.2. The maximum Gasteiger partial charge on any atom is 0.323 e. The number of phenolic OH excluding ortho intramolecular Hbond substituents is 2. The molecule has 3 amide bonds. The predicted molar refractivity (Wildman–Crippen MR) is 135 cm³/mol. The van der Waals surface area contributed by atoms with Gasteiger partial charge in [0.25, 0.3) is 5.91 Å². The van der Waals surface area contributed by atoms with Gasteiger partial charge in [-0.25, -0.2) is 4.79 Å². The maximum atomic E-state index is 11.8. The molecule has 0 bridgehead atoms. The normalized spacial score (nSPS) is 28.8. The van der Waals surface area contributed by atoms with Crippen molar-refractivity contribution in [3.8, 4) is 11.5 Å². The SMILES string of the molecule is F.NC1(C(=O)O)CCC(c2ccc(O)cc2)CC1.O=C1NC(=O)C2(CCC(c3ccc(O)cc3)CC2)N1. The van der Waals surface area contributed by atoms with Gasteiger partial charge in [0.2, 0.25) is 0 Å². The number of nitrogens with two attached hydrogens (primary N) is 1. The van der Waals surface area contributed by atoms with E-state index >= 15 is 0 Å². The number of aliphatic carboxylic acids is 1. The Hall–Kier alpha value is -3.66. The van der Waals surface area contributed by atoms with Gasteiger partial charge in [-0.05, 0) is 98.6 Å². The maximum absolute atomic E-state index is 11.8. The third-order valence-electron chi connectivity index (χ3n) is 7.89. The van der Waals surface area contributed by atoms with E-state index in [1.807, 2.05) is 24.3 Å². The first-order chi connectivity index (χ1) is 17.1. The van der Waals surface area contributed by atoms with Gasteiger partial charge in [-0.15, -0.1) is 0 Å². The topological polar surface area (TPSA) is 162 Å². The Bertz CT molecular complexity index is 1110. The molecule has 2 aliphatic carbocycles. The Kier molecular flexibility index (Phi) is 8.42. The number of amides is 3. The molecule has 3 fully saturated rings. The average Bonchev–Trinajstić information content (AvgIpc) is 3.13. The summed E-state index contributed by atoms with van der Waals surface area (Å²) in [4.78, 5) is 34.1. The molecule has 10 heteroatoms. The second-order valence-corrected chi connectivity index (χ2v) is 10.2. The van der Waals surface area contributed by atoms with Crippen LogP contribution >= 0.6 is 0 Å². The van der Waals surface area contributed by atoms with Crippen LogP contribution in [-0.4, -0.2) is 44.3 Å². The highest BCUT2D eigenvalue weighted by atomic mass is 19.0. The zero-order valence-corrected chi connectivity index (χ0v) is 20.5. The number of benzene rings is 2. The molecule has 1 spiro atoms. The van der Waals surface area contributed by atoms with E-state index in [9.17, 15) is 24.6 Å². The van der Waals surface area contributed by atoms with Crippen LogP contribution in [0.4, 0.5) is 9.50 Å². The molecule has 2 aromatic rings. The zero-order chi connectivity index (χ0) is 25.9. The van der Waals surface area contributed by atoms with Crippen molar-refractivity contribution in [1.29, 1.82) is 0 Å². The molecule has 3 aliphatic rings. The number of imide groups is 1. The van der Waals surface area contributed by atoms with Crippen LogP contribution in [0.5, 0.6) is 11.5 Å². The van der Waals surface area contributed by atoms with E-state index in [1.54, 1.807) is 24.3 Å². The number of carbonyl (C=O) groups excluding carboxylic acids is 2. The van der Waals surface area contributed by atoms with Crippen molar-refractivity contribution in [2.75, 3.05) is 0 Å². The molecule has 1 saturated heterocycles. The van der Waals surface area contributed by atoms with Crippen LogP contribution in [0, 0.1) is 0 Å². The van der Waals surface area contributed by atoms with E-state index < -0.39 is 17.0 Å². The van der Waals surface area contributed by atoms with Gasteiger partial charge in [0.1, 0.15) is 22.6 Å². The molecule has 0 unspecified atom stereocenters. The van der Waals surface area contributed by atoms with E-state index in [2.05, 4.69) is 10.6 Å². The quantitative estimate of drug-likeness (QED) is 0.340. The standard InChI is InChI=1S/C14H16N2O3.C13H17NO3.FH/c17-11-3-1-9(2-4-11)10-5-7-14(8-6-10)12(18)15-13(19)16-14;14-13(12(16)17)7-5-10(6-8-13)9-1-3-11(15)4-2-9;/h1-4,10,17H,5-8H2,(H2,15,16,18,19);1-4,10,15H,5-8,14H2,(H,16,17);1H. The summed E-state index contributed by atoms with van der Waals surface area (Å²) < 4.78 is 0. The Morgan fingerprint density at radius 3 is 1.54 bits per heavy atom. The lowest BCUT2D eigenvalue weighted by Crippen LogP contribution is -2.50. The van der Waals surface area contributed by atoms with Gasteiger partial charge in [-0.3, -0.25) is 19.6 Å². The molecular weight excluding hydrogens is 481 g/mol. The predicted octanol–water partition coefficient (Wildman–Crippen LogP) is 3.61. The number of halogens is 1. The van der Waals surface area contributed by atoms with Crippen LogP contribution in [0.25, 0.3) is 0 Å². The minimum absolute atomic E-state index is 0. The Balaban J connectivity index is 0.000000201. The Labute approximate surface area is 214 Å². The molecule has 37 heavy (non-hydrogen) atoms. The first-order valence-electron chi connectivity index (χ1n) is 12.3. The van der Waals surface area contributed by atoms with E-state index in [1.165, 1.54) is 5.56 Å². The molecule has 1 heterocycles. The van der Waals surface area contributed by atoms with Gasteiger partial charge in [0.15, 0.2) is 0 Å².